The smallest absolute Gasteiger partial charge is 0.251 e. The molecule has 0 saturated carbocycles. The van der Waals surface area contributed by atoms with Gasteiger partial charge in [0.05, 0.1) is 0 Å². The molecule has 1 aromatic carbocycles. The zero-order valence-corrected chi connectivity index (χ0v) is 11.6. The van der Waals surface area contributed by atoms with E-state index in [-0.39, 0.29) is 5.91 Å². The summed E-state index contributed by atoms with van der Waals surface area (Å²) in [6.07, 6.45) is 4.63. The van der Waals surface area contributed by atoms with Crippen LogP contribution in [0.4, 0.5) is 0 Å². The summed E-state index contributed by atoms with van der Waals surface area (Å²) in [6.45, 7) is 1.71. The molecule has 104 valence electrons. The number of carbonyl (C=O) groups is 1. The second-order valence-corrected chi connectivity index (χ2v) is 4.56. The average molecular weight is 269 g/mol. The third-order valence-electron chi connectivity index (χ3n) is 3.09. The third kappa shape index (κ3) is 4.17. The van der Waals surface area contributed by atoms with Gasteiger partial charge in [-0.05, 0) is 42.3 Å². The minimum Gasteiger partial charge on any atom is -0.355 e. The Kier molecular flexibility index (Phi) is 5.26. The molecule has 4 nitrogen and oxygen atoms in total. The van der Waals surface area contributed by atoms with E-state index in [1.165, 1.54) is 11.1 Å². The number of carbonyl (C=O) groups excluding carboxylic acids is 1. The van der Waals surface area contributed by atoms with Crippen LogP contribution in [0.5, 0.6) is 0 Å². The molecule has 0 bridgehead atoms. The van der Waals surface area contributed by atoms with Crippen molar-refractivity contribution >= 4 is 5.91 Å². The highest BCUT2D eigenvalue weighted by Gasteiger charge is 2.01. The molecule has 0 spiro atoms. The molecule has 2 rings (SSSR count). The normalized spacial score (nSPS) is 10.2. The Morgan fingerprint density at radius 1 is 1.15 bits per heavy atom. The Hall–Kier alpha value is -2.20. The summed E-state index contributed by atoms with van der Waals surface area (Å²) in [5, 5.41) is 6.00. The summed E-state index contributed by atoms with van der Waals surface area (Å²) in [6, 6.07) is 11.7. The number of nitrogens with zero attached hydrogens (tertiary/aromatic N) is 1. The van der Waals surface area contributed by atoms with Crippen LogP contribution in [0.3, 0.4) is 0 Å². The van der Waals surface area contributed by atoms with Crippen LogP contribution < -0.4 is 10.6 Å². The molecule has 1 heterocycles. The standard InChI is InChI=1S/C16H19N3O/c1-17-16(20)15-6-4-14(5-7-15)12-19-10-8-13-3-2-9-18-11-13/h2-7,9,11,19H,8,10,12H2,1H3,(H,17,20). The van der Waals surface area contributed by atoms with Gasteiger partial charge < -0.3 is 10.6 Å². The molecule has 1 amide bonds. The van der Waals surface area contributed by atoms with E-state index in [2.05, 4.69) is 21.7 Å². The third-order valence-corrected chi connectivity index (χ3v) is 3.09. The fourth-order valence-corrected chi connectivity index (χ4v) is 1.93. The molecule has 0 unspecified atom stereocenters. The van der Waals surface area contributed by atoms with Crippen molar-refractivity contribution in [2.45, 2.75) is 13.0 Å². The van der Waals surface area contributed by atoms with E-state index >= 15 is 0 Å². The number of hydrogen-bond acceptors (Lipinski definition) is 3. The van der Waals surface area contributed by atoms with Crippen LogP contribution in [0.15, 0.2) is 48.8 Å². The van der Waals surface area contributed by atoms with Crippen molar-refractivity contribution in [1.82, 2.24) is 15.6 Å². The molecule has 0 aliphatic carbocycles. The average Bonchev–Trinajstić information content (AvgIpc) is 2.52. The van der Waals surface area contributed by atoms with Gasteiger partial charge in [0.1, 0.15) is 0 Å². The van der Waals surface area contributed by atoms with Gasteiger partial charge in [0.25, 0.3) is 5.91 Å². The first-order valence-corrected chi connectivity index (χ1v) is 6.70. The molecular weight excluding hydrogens is 250 g/mol. The van der Waals surface area contributed by atoms with Crippen molar-refractivity contribution in [2.75, 3.05) is 13.6 Å². The molecule has 0 atom stereocenters. The van der Waals surface area contributed by atoms with Crippen molar-refractivity contribution in [3.05, 3.63) is 65.5 Å². The Morgan fingerprint density at radius 2 is 1.95 bits per heavy atom. The molecule has 1 aromatic heterocycles. The minimum absolute atomic E-state index is 0.0545. The van der Waals surface area contributed by atoms with E-state index in [0.29, 0.717) is 5.56 Å². The summed E-state index contributed by atoms with van der Waals surface area (Å²) in [7, 11) is 1.64. The Morgan fingerprint density at radius 3 is 2.60 bits per heavy atom. The van der Waals surface area contributed by atoms with E-state index in [9.17, 15) is 4.79 Å². The fraction of sp³-hybridized carbons (Fsp3) is 0.250. The zero-order valence-electron chi connectivity index (χ0n) is 11.6. The van der Waals surface area contributed by atoms with Gasteiger partial charge in [-0.2, -0.15) is 0 Å². The van der Waals surface area contributed by atoms with Crippen molar-refractivity contribution in [3.63, 3.8) is 0 Å². The molecule has 0 fully saturated rings. The second-order valence-electron chi connectivity index (χ2n) is 4.56. The summed E-state index contributed by atoms with van der Waals surface area (Å²) in [5.74, 6) is -0.0545. The predicted octanol–water partition coefficient (Wildman–Crippen LogP) is 1.77. The Bertz CT molecular complexity index is 537. The van der Waals surface area contributed by atoms with Crippen LogP contribution >= 0.6 is 0 Å². The molecule has 20 heavy (non-hydrogen) atoms. The summed E-state index contributed by atoms with van der Waals surface area (Å²) >= 11 is 0. The van der Waals surface area contributed by atoms with E-state index in [4.69, 9.17) is 0 Å². The van der Waals surface area contributed by atoms with Crippen LogP contribution in [-0.2, 0) is 13.0 Å². The number of benzene rings is 1. The van der Waals surface area contributed by atoms with Crippen molar-refractivity contribution in [3.8, 4) is 0 Å². The Labute approximate surface area is 119 Å². The number of rotatable bonds is 6. The molecule has 2 aromatic rings. The summed E-state index contributed by atoms with van der Waals surface area (Å²) < 4.78 is 0. The van der Waals surface area contributed by atoms with E-state index in [1.807, 2.05) is 36.5 Å². The van der Waals surface area contributed by atoms with Gasteiger partial charge in [-0.3, -0.25) is 9.78 Å². The maximum Gasteiger partial charge on any atom is 0.251 e. The van der Waals surface area contributed by atoms with Crippen molar-refractivity contribution in [1.29, 1.82) is 0 Å². The first-order valence-electron chi connectivity index (χ1n) is 6.70. The molecule has 0 saturated heterocycles. The van der Waals surface area contributed by atoms with Crippen LogP contribution in [0.2, 0.25) is 0 Å². The number of amides is 1. The predicted molar refractivity (Wildman–Crippen MR) is 79.5 cm³/mol. The first kappa shape index (κ1) is 14.2. The second kappa shape index (κ2) is 7.40. The fourth-order valence-electron chi connectivity index (χ4n) is 1.93. The molecule has 2 N–H and O–H groups in total. The van der Waals surface area contributed by atoms with Gasteiger partial charge in [-0.1, -0.05) is 18.2 Å². The molecule has 0 aliphatic rings. The number of pyridine rings is 1. The van der Waals surface area contributed by atoms with Gasteiger partial charge in [0.2, 0.25) is 0 Å². The van der Waals surface area contributed by atoms with Gasteiger partial charge in [-0.25, -0.2) is 0 Å². The van der Waals surface area contributed by atoms with Crippen LogP contribution in [0, 0.1) is 0 Å². The highest BCUT2D eigenvalue weighted by molar-refractivity contribution is 5.93. The number of aromatic nitrogens is 1. The highest BCUT2D eigenvalue weighted by atomic mass is 16.1. The number of hydrogen-bond donors (Lipinski definition) is 2. The van der Waals surface area contributed by atoms with Crippen LogP contribution in [0.1, 0.15) is 21.5 Å². The monoisotopic (exact) mass is 269 g/mol. The largest absolute Gasteiger partial charge is 0.355 e. The topological polar surface area (TPSA) is 54.0 Å². The lowest BCUT2D eigenvalue weighted by Gasteiger charge is -2.06. The maximum absolute atomic E-state index is 11.4. The summed E-state index contributed by atoms with van der Waals surface area (Å²) in [4.78, 5) is 15.5. The molecule has 4 heteroatoms. The van der Waals surface area contributed by atoms with E-state index in [1.54, 1.807) is 13.2 Å². The molecule has 0 aliphatic heterocycles. The number of nitrogens with one attached hydrogen (secondary N) is 2. The quantitative estimate of drug-likeness (QED) is 0.786. The molecular formula is C16H19N3O. The van der Waals surface area contributed by atoms with Crippen LogP contribution in [-0.4, -0.2) is 24.5 Å². The van der Waals surface area contributed by atoms with Gasteiger partial charge in [0.15, 0.2) is 0 Å². The van der Waals surface area contributed by atoms with Gasteiger partial charge >= 0.3 is 0 Å². The van der Waals surface area contributed by atoms with Gasteiger partial charge in [0, 0.05) is 31.5 Å². The lowest BCUT2D eigenvalue weighted by atomic mass is 10.1. The lowest BCUT2D eigenvalue weighted by Crippen LogP contribution is -2.18. The van der Waals surface area contributed by atoms with E-state index in [0.717, 1.165) is 19.5 Å². The maximum atomic E-state index is 11.4. The van der Waals surface area contributed by atoms with Crippen molar-refractivity contribution in [2.24, 2.45) is 0 Å². The summed E-state index contributed by atoms with van der Waals surface area (Å²) in [5.41, 5.74) is 3.09. The van der Waals surface area contributed by atoms with Crippen LogP contribution in [0.25, 0.3) is 0 Å². The van der Waals surface area contributed by atoms with Crippen molar-refractivity contribution < 1.29 is 4.79 Å². The van der Waals surface area contributed by atoms with E-state index < -0.39 is 0 Å². The first-order chi connectivity index (χ1) is 9.79. The molecule has 0 radical (unpaired) electrons. The Balaban J connectivity index is 1.75. The highest BCUT2D eigenvalue weighted by Crippen LogP contribution is 2.04. The van der Waals surface area contributed by atoms with Gasteiger partial charge in [-0.15, -0.1) is 0 Å². The SMILES string of the molecule is CNC(=O)c1ccc(CNCCc2cccnc2)cc1. The minimum atomic E-state index is -0.0545. The zero-order chi connectivity index (χ0) is 14.2. The lowest BCUT2D eigenvalue weighted by molar-refractivity contribution is 0.0963.